The summed E-state index contributed by atoms with van der Waals surface area (Å²) < 4.78 is 5.06. The fraction of sp³-hybridized carbons (Fsp3) is 0.900. The number of hydrogen-bond acceptors (Lipinski definition) is 2. The molecule has 0 N–H and O–H groups in total. The molecule has 0 saturated carbocycles. The van der Waals surface area contributed by atoms with E-state index in [4.69, 9.17) is 4.74 Å². The van der Waals surface area contributed by atoms with Gasteiger partial charge in [0.05, 0.1) is 12.7 Å². The van der Waals surface area contributed by atoms with Crippen LogP contribution in [-0.2, 0) is 14.6 Å². The molecule has 3 nitrogen and oxygen atoms in total. The molecule has 1 atom stereocenters. The van der Waals surface area contributed by atoms with Crippen molar-refractivity contribution in [1.29, 1.82) is 0 Å². The van der Waals surface area contributed by atoms with Gasteiger partial charge in [0.15, 0.2) is 0 Å². The Balaban J connectivity index is 3.30. The summed E-state index contributed by atoms with van der Waals surface area (Å²) in [5.41, 5.74) is 0. The van der Waals surface area contributed by atoms with E-state index in [1.165, 1.54) is 0 Å². The zero-order valence-corrected chi connectivity index (χ0v) is 8.54. The summed E-state index contributed by atoms with van der Waals surface area (Å²) in [6.45, 7) is 3.82. The van der Waals surface area contributed by atoms with Gasteiger partial charge in [-0.2, -0.15) is 0 Å². The average Bonchev–Trinajstić information content (AvgIpc) is 2.12. The van der Waals surface area contributed by atoms with Crippen LogP contribution >= 0.6 is 0 Å². The smallest absolute Gasteiger partial charge is 0.306 e. The second kappa shape index (κ2) is 8.05. The number of carbonyl (C=O) groups excluding carboxylic acids is 1. The molecule has 3 heteroatoms. The van der Waals surface area contributed by atoms with E-state index in [1.54, 1.807) is 0 Å². The Bertz CT molecular complexity index is 134. The Kier molecular flexibility index (Phi) is 7.69. The molecular formula is C10H19O3. The van der Waals surface area contributed by atoms with Crippen LogP contribution in [0.25, 0.3) is 0 Å². The highest BCUT2D eigenvalue weighted by Crippen LogP contribution is 2.04. The van der Waals surface area contributed by atoms with E-state index in [9.17, 15) is 9.90 Å². The van der Waals surface area contributed by atoms with Crippen molar-refractivity contribution < 1.29 is 14.6 Å². The Morgan fingerprint density at radius 3 is 2.54 bits per heavy atom. The predicted molar refractivity (Wildman–Crippen MR) is 49.9 cm³/mol. The maximum Gasteiger partial charge on any atom is 0.306 e. The first-order chi connectivity index (χ1) is 6.20. The molecule has 0 fully saturated rings. The first-order valence-electron chi connectivity index (χ1n) is 4.98. The van der Waals surface area contributed by atoms with E-state index >= 15 is 0 Å². The fourth-order valence-electron chi connectivity index (χ4n) is 0.915. The van der Waals surface area contributed by atoms with E-state index in [1.807, 2.05) is 13.8 Å². The van der Waals surface area contributed by atoms with Crippen LogP contribution < -0.4 is 0 Å². The van der Waals surface area contributed by atoms with Gasteiger partial charge in [0.1, 0.15) is 0 Å². The normalized spacial score (nSPS) is 12.5. The van der Waals surface area contributed by atoms with Crippen molar-refractivity contribution in [3.8, 4) is 0 Å². The van der Waals surface area contributed by atoms with Gasteiger partial charge in [-0.15, -0.1) is 0 Å². The van der Waals surface area contributed by atoms with Gasteiger partial charge in [0.2, 0.25) is 0 Å². The number of hydrogen-bond donors (Lipinski definition) is 0. The van der Waals surface area contributed by atoms with E-state index in [2.05, 4.69) is 0 Å². The molecule has 0 aromatic carbocycles. The lowest BCUT2D eigenvalue weighted by Gasteiger charge is -2.10. The van der Waals surface area contributed by atoms with Crippen LogP contribution in [0.1, 0.15) is 46.0 Å². The SMILES string of the molecule is CCC(C)OC(=O)CCCCC[O]. The Hall–Kier alpha value is -0.570. The predicted octanol–water partition coefficient (Wildman–Crippen LogP) is 2.32. The highest BCUT2D eigenvalue weighted by Gasteiger charge is 2.06. The van der Waals surface area contributed by atoms with Crippen LogP contribution in [-0.4, -0.2) is 18.7 Å². The maximum atomic E-state index is 11.1. The number of esters is 1. The summed E-state index contributed by atoms with van der Waals surface area (Å²) in [7, 11) is 0. The van der Waals surface area contributed by atoms with Crippen LogP contribution in [0.15, 0.2) is 0 Å². The van der Waals surface area contributed by atoms with Crippen LogP contribution in [0, 0.1) is 0 Å². The summed E-state index contributed by atoms with van der Waals surface area (Å²) in [5.74, 6) is -0.139. The van der Waals surface area contributed by atoms with Gasteiger partial charge in [-0.05, 0) is 26.2 Å². The van der Waals surface area contributed by atoms with Gasteiger partial charge in [-0.25, -0.2) is 5.11 Å². The van der Waals surface area contributed by atoms with Crippen LogP contribution in [0.3, 0.4) is 0 Å². The molecule has 77 valence electrons. The van der Waals surface area contributed by atoms with Gasteiger partial charge in [-0.1, -0.05) is 13.3 Å². The van der Waals surface area contributed by atoms with Gasteiger partial charge < -0.3 is 4.74 Å². The molecule has 0 spiro atoms. The molecule has 1 unspecified atom stereocenters. The number of unbranched alkanes of at least 4 members (excludes halogenated alkanes) is 2. The molecule has 0 aliphatic rings. The molecule has 0 aromatic heterocycles. The molecule has 13 heavy (non-hydrogen) atoms. The van der Waals surface area contributed by atoms with Gasteiger partial charge >= 0.3 is 5.97 Å². The monoisotopic (exact) mass is 187 g/mol. The van der Waals surface area contributed by atoms with E-state index in [-0.39, 0.29) is 18.7 Å². The molecule has 1 radical (unpaired) electrons. The number of rotatable bonds is 7. The van der Waals surface area contributed by atoms with Crippen LogP contribution in [0.2, 0.25) is 0 Å². The van der Waals surface area contributed by atoms with Crippen molar-refractivity contribution in [3.63, 3.8) is 0 Å². The van der Waals surface area contributed by atoms with Crippen LogP contribution in [0.5, 0.6) is 0 Å². The van der Waals surface area contributed by atoms with E-state index in [0.29, 0.717) is 12.8 Å². The quantitative estimate of drug-likeness (QED) is 0.453. The molecule has 0 aromatic rings. The fourth-order valence-corrected chi connectivity index (χ4v) is 0.915. The zero-order valence-electron chi connectivity index (χ0n) is 8.54. The number of ether oxygens (including phenoxy) is 1. The Morgan fingerprint density at radius 1 is 1.31 bits per heavy atom. The Morgan fingerprint density at radius 2 is 2.00 bits per heavy atom. The van der Waals surface area contributed by atoms with Gasteiger partial charge in [-0.3, -0.25) is 4.79 Å². The summed E-state index contributed by atoms with van der Waals surface area (Å²) in [5, 5.41) is 10.1. The second-order valence-electron chi connectivity index (χ2n) is 3.22. The van der Waals surface area contributed by atoms with Crippen LogP contribution in [0.4, 0.5) is 0 Å². The van der Waals surface area contributed by atoms with Crippen molar-refractivity contribution in [1.82, 2.24) is 0 Å². The lowest BCUT2D eigenvalue weighted by atomic mass is 10.2. The third-order valence-electron chi connectivity index (χ3n) is 1.93. The van der Waals surface area contributed by atoms with Crippen molar-refractivity contribution >= 4 is 5.97 Å². The maximum absolute atomic E-state index is 11.1. The highest BCUT2D eigenvalue weighted by atomic mass is 16.5. The van der Waals surface area contributed by atoms with Gasteiger partial charge in [0, 0.05) is 6.42 Å². The number of carbonyl (C=O) groups is 1. The summed E-state index contributed by atoms with van der Waals surface area (Å²) in [4.78, 5) is 11.1. The highest BCUT2D eigenvalue weighted by molar-refractivity contribution is 5.69. The van der Waals surface area contributed by atoms with Crippen molar-refractivity contribution in [2.75, 3.05) is 6.61 Å². The average molecular weight is 187 g/mol. The lowest BCUT2D eigenvalue weighted by molar-refractivity contribution is -0.148. The van der Waals surface area contributed by atoms with E-state index < -0.39 is 0 Å². The van der Waals surface area contributed by atoms with Crippen molar-refractivity contribution in [2.24, 2.45) is 0 Å². The first kappa shape index (κ1) is 12.4. The third-order valence-corrected chi connectivity index (χ3v) is 1.93. The van der Waals surface area contributed by atoms with Crippen molar-refractivity contribution in [2.45, 2.75) is 52.1 Å². The standard InChI is InChI=1S/C10H19O3/c1-3-9(2)13-10(12)7-5-4-6-8-11/h9H,3-8H2,1-2H3. The Labute approximate surface area is 80.1 Å². The zero-order chi connectivity index (χ0) is 10.1. The third kappa shape index (κ3) is 7.78. The molecular weight excluding hydrogens is 168 g/mol. The molecule has 0 saturated heterocycles. The lowest BCUT2D eigenvalue weighted by Crippen LogP contribution is -2.13. The molecule has 0 bridgehead atoms. The minimum absolute atomic E-state index is 0.0204. The first-order valence-corrected chi connectivity index (χ1v) is 4.98. The topological polar surface area (TPSA) is 46.2 Å². The van der Waals surface area contributed by atoms with Crippen molar-refractivity contribution in [3.05, 3.63) is 0 Å². The molecule has 0 heterocycles. The second-order valence-corrected chi connectivity index (χ2v) is 3.22. The minimum atomic E-state index is -0.139. The minimum Gasteiger partial charge on any atom is -0.463 e. The largest absolute Gasteiger partial charge is 0.463 e. The molecule has 0 amide bonds. The van der Waals surface area contributed by atoms with Gasteiger partial charge in [0.25, 0.3) is 0 Å². The summed E-state index contributed by atoms with van der Waals surface area (Å²) in [6, 6.07) is 0. The summed E-state index contributed by atoms with van der Waals surface area (Å²) in [6.07, 6.45) is 3.59. The molecule has 0 aliphatic heterocycles. The summed E-state index contributed by atoms with van der Waals surface area (Å²) >= 11 is 0. The molecule has 0 rings (SSSR count). The van der Waals surface area contributed by atoms with E-state index in [0.717, 1.165) is 19.3 Å². The molecule has 0 aliphatic carbocycles.